The second-order valence-electron chi connectivity index (χ2n) is 8.12. The van der Waals surface area contributed by atoms with Crippen molar-refractivity contribution in [3.63, 3.8) is 0 Å². The molecule has 1 aliphatic carbocycles. The van der Waals surface area contributed by atoms with Crippen LogP contribution >= 0.6 is 0 Å². The molecule has 6 nitrogen and oxygen atoms in total. The van der Waals surface area contributed by atoms with E-state index in [9.17, 15) is 4.39 Å². The SMILES string of the molecule is Cc1cc(F)ccc1-c1cccn2nc(NC3CCC(NC(C)C)=C(C=N)C3)nc12. The number of hydrogen-bond donors (Lipinski definition) is 3. The first-order valence-corrected chi connectivity index (χ1v) is 10.3. The maximum Gasteiger partial charge on any atom is 0.243 e. The Balaban J connectivity index is 1.60. The number of aryl methyl sites for hydroxylation is 1. The van der Waals surface area contributed by atoms with Gasteiger partial charge in [0.1, 0.15) is 5.82 Å². The molecule has 156 valence electrons. The predicted molar refractivity (Wildman–Crippen MR) is 118 cm³/mol. The first-order valence-electron chi connectivity index (χ1n) is 10.3. The number of halogens is 1. The van der Waals surface area contributed by atoms with Crippen LogP contribution in [0.3, 0.4) is 0 Å². The van der Waals surface area contributed by atoms with Crippen LogP contribution in [0.25, 0.3) is 16.8 Å². The van der Waals surface area contributed by atoms with E-state index in [0.29, 0.717) is 12.0 Å². The van der Waals surface area contributed by atoms with Gasteiger partial charge < -0.3 is 16.0 Å². The van der Waals surface area contributed by atoms with E-state index in [2.05, 4.69) is 29.6 Å². The van der Waals surface area contributed by atoms with Crippen molar-refractivity contribution in [2.75, 3.05) is 5.32 Å². The van der Waals surface area contributed by atoms with Gasteiger partial charge in [0, 0.05) is 35.8 Å². The molecule has 0 spiro atoms. The predicted octanol–water partition coefficient (Wildman–Crippen LogP) is 4.71. The number of aromatic nitrogens is 3. The molecular formula is C23H27FN6. The maximum absolute atomic E-state index is 13.5. The van der Waals surface area contributed by atoms with Gasteiger partial charge in [0.05, 0.1) is 0 Å². The van der Waals surface area contributed by atoms with E-state index >= 15 is 0 Å². The van der Waals surface area contributed by atoms with Gasteiger partial charge >= 0.3 is 0 Å². The van der Waals surface area contributed by atoms with Crippen LogP contribution in [0.15, 0.2) is 47.8 Å². The molecule has 0 fully saturated rings. The molecule has 0 bridgehead atoms. The number of allylic oxidation sites excluding steroid dienone is 1. The number of nitrogens with zero attached hydrogens (tertiary/aromatic N) is 3. The van der Waals surface area contributed by atoms with Crippen LogP contribution in [0.5, 0.6) is 0 Å². The number of pyridine rings is 1. The normalized spacial score (nSPS) is 16.9. The smallest absolute Gasteiger partial charge is 0.243 e. The average molecular weight is 407 g/mol. The molecule has 3 aromatic rings. The van der Waals surface area contributed by atoms with E-state index in [1.165, 1.54) is 18.3 Å². The molecule has 7 heteroatoms. The zero-order valence-electron chi connectivity index (χ0n) is 17.5. The lowest BCUT2D eigenvalue weighted by molar-refractivity contribution is 0.551. The summed E-state index contributed by atoms with van der Waals surface area (Å²) in [5, 5.41) is 19.3. The molecule has 1 unspecified atom stereocenters. The average Bonchev–Trinajstić information content (AvgIpc) is 3.11. The summed E-state index contributed by atoms with van der Waals surface area (Å²) in [4.78, 5) is 4.72. The van der Waals surface area contributed by atoms with Gasteiger partial charge in [-0.3, -0.25) is 0 Å². The minimum Gasteiger partial charge on any atom is -0.386 e. The molecular weight excluding hydrogens is 379 g/mol. The van der Waals surface area contributed by atoms with Crippen LogP contribution in [0.4, 0.5) is 10.3 Å². The Bertz CT molecular complexity index is 1110. The third-order valence-corrected chi connectivity index (χ3v) is 5.41. The van der Waals surface area contributed by atoms with Crippen molar-refractivity contribution in [2.45, 2.75) is 52.1 Å². The van der Waals surface area contributed by atoms with Gasteiger partial charge in [-0.1, -0.05) is 6.07 Å². The van der Waals surface area contributed by atoms with E-state index in [-0.39, 0.29) is 11.9 Å². The zero-order chi connectivity index (χ0) is 21.3. The van der Waals surface area contributed by atoms with Crippen LogP contribution in [0, 0.1) is 18.2 Å². The minimum absolute atomic E-state index is 0.174. The van der Waals surface area contributed by atoms with Crippen LogP contribution < -0.4 is 10.6 Å². The summed E-state index contributed by atoms with van der Waals surface area (Å²) in [5.41, 5.74) is 5.64. The highest BCUT2D eigenvalue weighted by molar-refractivity contribution is 5.80. The molecule has 1 aliphatic rings. The Kier molecular flexibility index (Phi) is 5.53. The molecule has 3 N–H and O–H groups in total. The second-order valence-corrected chi connectivity index (χ2v) is 8.12. The summed E-state index contributed by atoms with van der Waals surface area (Å²) in [6, 6.07) is 9.22. The number of anilines is 1. The lowest BCUT2D eigenvalue weighted by atomic mass is 9.92. The van der Waals surface area contributed by atoms with Crippen molar-refractivity contribution in [2.24, 2.45) is 0 Å². The van der Waals surface area contributed by atoms with Gasteiger partial charge in [-0.25, -0.2) is 8.91 Å². The molecule has 1 atom stereocenters. The first-order chi connectivity index (χ1) is 14.4. The molecule has 0 saturated heterocycles. The quantitative estimate of drug-likeness (QED) is 0.518. The molecule has 1 aromatic carbocycles. The number of nitrogens with one attached hydrogen (secondary N) is 3. The van der Waals surface area contributed by atoms with Crippen molar-refractivity contribution < 1.29 is 4.39 Å². The highest BCUT2D eigenvalue weighted by atomic mass is 19.1. The molecule has 2 heterocycles. The molecule has 0 amide bonds. The molecule has 0 radical (unpaired) electrons. The number of hydrogen-bond acceptors (Lipinski definition) is 5. The number of fused-ring (bicyclic) bond motifs is 1. The van der Waals surface area contributed by atoms with Crippen molar-refractivity contribution in [3.05, 3.63) is 59.2 Å². The van der Waals surface area contributed by atoms with Crippen molar-refractivity contribution >= 4 is 17.8 Å². The highest BCUT2D eigenvalue weighted by Gasteiger charge is 2.22. The molecule has 0 saturated carbocycles. The molecule has 2 aromatic heterocycles. The topological polar surface area (TPSA) is 78.1 Å². The fraction of sp³-hybridized carbons (Fsp3) is 0.348. The number of benzene rings is 1. The van der Waals surface area contributed by atoms with Crippen LogP contribution in [-0.4, -0.2) is 32.9 Å². The van der Waals surface area contributed by atoms with Gasteiger partial charge in [-0.2, -0.15) is 4.98 Å². The first kappa shape index (κ1) is 20.1. The summed E-state index contributed by atoms with van der Waals surface area (Å²) in [5.74, 6) is 0.322. The fourth-order valence-electron chi connectivity index (χ4n) is 4.04. The van der Waals surface area contributed by atoms with Crippen LogP contribution in [-0.2, 0) is 0 Å². The van der Waals surface area contributed by atoms with Gasteiger partial charge in [0.15, 0.2) is 5.65 Å². The Labute approximate surface area is 175 Å². The Hall–Kier alpha value is -3.22. The summed E-state index contributed by atoms with van der Waals surface area (Å²) < 4.78 is 15.3. The molecule has 4 rings (SSSR count). The lowest BCUT2D eigenvalue weighted by Crippen LogP contribution is -2.31. The fourth-order valence-corrected chi connectivity index (χ4v) is 4.04. The minimum atomic E-state index is -0.245. The van der Waals surface area contributed by atoms with Crippen molar-refractivity contribution in [1.82, 2.24) is 19.9 Å². The summed E-state index contributed by atoms with van der Waals surface area (Å²) >= 11 is 0. The zero-order valence-corrected chi connectivity index (χ0v) is 17.5. The van der Waals surface area contributed by atoms with E-state index in [4.69, 9.17) is 10.4 Å². The van der Waals surface area contributed by atoms with Gasteiger partial charge in [0.25, 0.3) is 0 Å². The monoisotopic (exact) mass is 406 g/mol. The third kappa shape index (κ3) is 4.06. The van der Waals surface area contributed by atoms with Crippen molar-refractivity contribution in [1.29, 1.82) is 5.41 Å². The second kappa shape index (κ2) is 8.26. The Morgan fingerprint density at radius 2 is 2.10 bits per heavy atom. The summed E-state index contributed by atoms with van der Waals surface area (Å²) in [7, 11) is 0. The van der Waals surface area contributed by atoms with Gasteiger partial charge in [-0.15, -0.1) is 5.10 Å². The largest absolute Gasteiger partial charge is 0.386 e. The van der Waals surface area contributed by atoms with E-state index in [0.717, 1.165) is 52.9 Å². The standard InChI is InChI=1S/C23H27FN6/c1-14(2)26-21-9-7-18(12-16(21)13-25)27-23-28-22-20(5-4-10-30(22)29-23)19-8-6-17(24)11-15(19)3/h4-6,8,10-11,13-14,18,25-26H,7,9,12H2,1-3H3,(H,27,29). The Morgan fingerprint density at radius 1 is 1.27 bits per heavy atom. The van der Waals surface area contributed by atoms with Gasteiger partial charge in [0.2, 0.25) is 5.95 Å². The third-order valence-electron chi connectivity index (χ3n) is 5.41. The number of rotatable bonds is 6. The lowest BCUT2D eigenvalue weighted by Gasteiger charge is -2.27. The van der Waals surface area contributed by atoms with Crippen LogP contribution in [0.2, 0.25) is 0 Å². The van der Waals surface area contributed by atoms with E-state index < -0.39 is 0 Å². The summed E-state index contributed by atoms with van der Waals surface area (Å²) in [6.45, 7) is 6.12. The molecule has 30 heavy (non-hydrogen) atoms. The van der Waals surface area contributed by atoms with E-state index in [1.54, 1.807) is 10.6 Å². The summed E-state index contributed by atoms with van der Waals surface area (Å²) in [6.07, 6.45) is 5.92. The van der Waals surface area contributed by atoms with Crippen molar-refractivity contribution in [3.8, 4) is 11.1 Å². The highest BCUT2D eigenvalue weighted by Crippen LogP contribution is 2.29. The van der Waals surface area contributed by atoms with Crippen LogP contribution in [0.1, 0.15) is 38.7 Å². The van der Waals surface area contributed by atoms with Gasteiger partial charge in [-0.05, 0) is 81.0 Å². The van der Waals surface area contributed by atoms with E-state index in [1.807, 2.05) is 25.3 Å². The maximum atomic E-state index is 13.5. The Morgan fingerprint density at radius 3 is 2.83 bits per heavy atom. The molecule has 0 aliphatic heterocycles.